The Morgan fingerprint density at radius 1 is 0.841 bits per heavy atom. The fraction of sp³-hybridized carbons (Fsp3) is 0.0833. The lowest BCUT2D eigenvalue weighted by Gasteiger charge is -2.14. The quantitative estimate of drug-likeness (QED) is 0.149. The van der Waals surface area contributed by atoms with E-state index in [-0.39, 0.29) is 5.57 Å². The van der Waals surface area contributed by atoms with E-state index in [2.05, 4.69) is 9.97 Å². The molecule has 0 fully saturated rings. The molecule has 3 aromatic heterocycles. The summed E-state index contributed by atoms with van der Waals surface area (Å²) in [6, 6.07) is 30.7. The number of carboxylic acids is 1. The molecule has 0 amide bonds. The smallest absolute Gasteiger partial charge is 0.336 e. The highest BCUT2D eigenvalue weighted by molar-refractivity contribution is 7.20. The van der Waals surface area contributed by atoms with Gasteiger partial charge >= 0.3 is 5.97 Å². The van der Waals surface area contributed by atoms with Gasteiger partial charge in [0.25, 0.3) is 0 Å². The summed E-state index contributed by atoms with van der Waals surface area (Å²) in [6.45, 7) is 2.60. The van der Waals surface area contributed by atoms with Crippen LogP contribution in [0.5, 0.6) is 23.0 Å². The van der Waals surface area contributed by atoms with Gasteiger partial charge in [0.1, 0.15) is 19.0 Å². The van der Waals surface area contributed by atoms with Crippen LogP contribution in [0.25, 0.3) is 21.7 Å². The fourth-order valence-electron chi connectivity index (χ4n) is 4.56. The summed E-state index contributed by atoms with van der Waals surface area (Å²) in [5, 5.41) is 10.9. The molecule has 0 atom stereocenters. The van der Waals surface area contributed by atoms with Crippen molar-refractivity contribution in [3.63, 3.8) is 0 Å². The molecule has 0 bridgehead atoms. The van der Waals surface area contributed by atoms with Crippen molar-refractivity contribution in [2.45, 2.75) is 20.1 Å². The van der Waals surface area contributed by atoms with Gasteiger partial charge in [0.05, 0.1) is 16.6 Å². The lowest BCUT2D eigenvalue weighted by molar-refractivity contribution is -0.130. The van der Waals surface area contributed by atoms with Crippen LogP contribution in [0.1, 0.15) is 27.3 Å². The standard InChI is InChI=1S/C36H28N2O5S/c1-24-12-13-28(21-38-24)43-35-30-18-31(41-22-25-8-4-2-5-9-25)32(42-23-26-10-6-3-7-11-26)20-33(30)44-34(35)19-29(36(39)40)27-14-16-37-17-15-27/h2-21H,22-23H2,1H3,(H,39,40). The zero-order valence-electron chi connectivity index (χ0n) is 23.8. The van der Waals surface area contributed by atoms with Crippen LogP contribution in [0.15, 0.2) is 116 Å². The van der Waals surface area contributed by atoms with Gasteiger partial charge in [-0.1, -0.05) is 60.7 Å². The topological polar surface area (TPSA) is 90.8 Å². The van der Waals surface area contributed by atoms with Crippen LogP contribution in [-0.2, 0) is 18.0 Å². The van der Waals surface area contributed by atoms with E-state index in [1.165, 1.54) is 11.3 Å². The van der Waals surface area contributed by atoms with E-state index in [9.17, 15) is 9.90 Å². The molecule has 0 saturated heterocycles. The normalized spacial score (nSPS) is 11.3. The largest absolute Gasteiger partial charge is 0.485 e. The van der Waals surface area contributed by atoms with Crippen molar-refractivity contribution in [2.24, 2.45) is 0 Å². The van der Waals surface area contributed by atoms with Crippen LogP contribution in [0.2, 0.25) is 0 Å². The number of thiophene rings is 1. The van der Waals surface area contributed by atoms with Crippen LogP contribution in [0, 0.1) is 6.92 Å². The number of aryl methyl sites for hydroxylation is 1. The molecule has 44 heavy (non-hydrogen) atoms. The highest BCUT2D eigenvalue weighted by Gasteiger charge is 2.21. The summed E-state index contributed by atoms with van der Waals surface area (Å²) in [5.74, 6) is 1.09. The number of nitrogens with zero attached hydrogens (tertiary/aromatic N) is 2. The lowest BCUT2D eigenvalue weighted by Crippen LogP contribution is -2.00. The predicted molar refractivity (Wildman–Crippen MR) is 172 cm³/mol. The van der Waals surface area contributed by atoms with Crippen LogP contribution >= 0.6 is 11.3 Å². The number of aliphatic carboxylic acids is 1. The first kappa shape index (κ1) is 28.6. The summed E-state index contributed by atoms with van der Waals surface area (Å²) in [7, 11) is 0. The number of rotatable bonds is 11. The molecule has 3 aromatic carbocycles. The third-order valence-electron chi connectivity index (χ3n) is 6.81. The number of pyridine rings is 2. The Morgan fingerprint density at radius 2 is 1.48 bits per heavy atom. The van der Waals surface area contributed by atoms with Crippen molar-refractivity contribution >= 4 is 39.0 Å². The van der Waals surface area contributed by atoms with E-state index in [1.807, 2.05) is 91.9 Å². The Balaban J connectivity index is 1.48. The third-order valence-corrected chi connectivity index (χ3v) is 7.89. The van der Waals surface area contributed by atoms with E-state index in [0.29, 0.717) is 46.7 Å². The Kier molecular flexibility index (Phi) is 8.61. The molecule has 3 heterocycles. The second-order valence-electron chi connectivity index (χ2n) is 9.98. The maximum absolute atomic E-state index is 12.4. The van der Waals surface area contributed by atoms with Gasteiger partial charge in [-0.3, -0.25) is 9.97 Å². The molecule has 0 aliphatic rings. The van der Waals surface area contributed by atoms with Crippen LogP contribution in [0.3, 0.4) is 0 Å². The van der Waals surface area contributed by atoms with E-state index in [4.69, 9.17) is 14.2 Å². The van der Waals surface area contributed by atoms with Crippen molar-refractivity contribution in [1.29, 1.82) is 0 Å². The minimum atomic E-state index is -1.06. The van der Waals surface area contributed by atoms with Crippen molar-refractivity contribution in [3.05, 3.63) is 143 Å². The summed E-state index contributed by atoms with van der Waals surface area (Å²) in [6.07, 6.45) is 6.42. The summed E-state index contributed by atoms with van der Waals surface area (Å²) >= 11 is 1.41. The molecule has 8 heteroatoms. The molecule has 218 valence electrons. The third kappa shape index (κ3) is 6.77. The van der Waals surface area contributed by atoms with Crippen molar-refractivity contribution in [1.82, 2.24) is 9.97 Å². The van der Waals surface area contributed by atoms with Gasteiger partial charge < -0.3 is 19.3 Å². The monoisotopic (exact) mass is 600 g/mol. The second-order valence-corrected chi connectivity index (χ2v) is 11.1. The molecule has 6 rings (SSSR count). The molecule has 0 aliphatic carbocycles. The first-order valence-electron chi connectivity index (χ1n) is 13.9. The molecule has 7 nitrogen and oxygen atoms in total. The Morgan fingerprint density at radius 3 is 2.07 bits per heavy atom. The van der Waals surface area contributed by atoms with Gasteiger partial charge in [0.2, 0.25) is 0 Å². The number of benzene rings is 3. The zero-order valence-corrected chi connectivity index (χ0v) is 24.7. The first-order chi connectivity index (χ1) is 21.5. The van der Waals surface area contributed by atoms with Gasteiger partial charge in [-0.2, -0.15) is 0 Å². The molecule has 1 N–H and O–H groups in total. The average molecular weight is 601 g/mol. The number of carbonyl (C=O) groups is 1. The average Bonchev–Trinajstić information content (AvgIpc) is 3.38. The van der Waals surface area contributed by atoms with E-state index in [1.54, 1.807) is 36.8 Å². The fourth-order valence-corrected chi connectivity index (χ4v) is 5.65. The van der Waals surface area contributed by atoms with Gasteiger partial charge in [0.15, 0.2) is 17.2 Å². The Labute approximate surface area is 258 Å². The minimum Gasteiger partial charge on any atom is -0.485 e. The number of aromatic nitrogens is 2. The molecule has 0 aliphatic heterocycles. The van der Waals surface area contributed by atoms with E-state index in [0.717, 1.165) is 26.9 Å². The SMILES string of the molecule is Cc1ccc(Oc2c(C=C(C(=O)O)c3ccncc3)sc3cc(OCc4ccccc4)c(OCc4ccccc4)cc23)cn1. The molecule has 0 unspecified atom stereocenters. The lowest BCUT2D eigenvalue weighted by atomic mass is 10.1. The number of hydrogen-bond acceptors (Lipinski definition) is 7. The minimum absolute atomic E-state index is 0.118. The summed E-state index contributed by atoms with van der Waals surface area (Å²) < 4.78 is 19.9. The van der Waals surface area contributed by atoms with Gasteiger partial charge in [-0.05, 0) is 60.0 Å². The molecule has 0 spiro atoms. The summed E-state index contributed by atoms with van der Waals surface area (Å²) in [4.78, 5) is 21.4. The molecule has 6 aromatic rings. The maximum atomic E-state index is 12.4. The maximum Gasteiger partial charge on any atom is 0.336 e. The van der Waals surface area contributed by atoms with Crippen molar-refractivity contribution in [3.8, 4) is 23.0 Å². The van der Waals surface area contributed by atoms with Gasteiger partial charge in [-0.15, -0.1) is 11.3 Å². The van der Waals surface area contributed by atoms with Crippen molar-refractivity contribution < 1.29 is 24.1 Å². The molecule has 0 saturated carbocycles. The Hall–Kier alpha value is -5.47. The van der Waals surface area contributed by atoms with E-state index < -0.39 is 5.97 Å². The van der Waals surface area contributed by atoms with Crippen LogP contribution < -0.4 is 14.2 Å². The first-order valence-corrected chi connectivity index (χ1v) is 14.7. The Bertz CT molecular complexity index is 1910. The van der Waals surface area contributed by atoms with Crippen molar-refractivity contribution in [2.75, 3.05) is 0 Å². The zero-order chi connectivity index (χ0) is 30.3. The molecular weight excluding hydrogens is 572 g/mol. The molecular formula is C36H28N2O5S. The van der Waals surface area contributed by atoms with Gasteiger partial charge in [-0.25, -0.2) is 4.79 Å². The number of hydrogen-bond donors (Lipinski definition) is 1. The predicted octanol–water partition coefficient (Wildman–Crippen LogP) is 8.58. The van der Waals surface area contributed by atoms with Crippen LogP contribution in [0.4, 0.5) is 0 Å². The highest BCUT2D eigenvalue weighted by atomic mass is 32.1. The summed E-state index contributed by atoms with van der Waals surface area (Å²) in [5.41, 5.74) is 3.55. The highest BCUT2D eigenvalue weighted by Crippen LogP contribution is 2.46. The number of carboxylic acid groups (broad SMARTS) is 1. The van der Waals surface area contributed by atoms with Crippen LogP contribution in [-0.4, -0.2) is 21.0 Å². The number of ether oxygens (including phenoxy) is 3. The van der Waals surface area contributed by atoms with E-state index >= 15 is 0 Å². The number of fused-ring (bicyclic) bond motifs is 1. The van der Waals surface area contributed by atoms with Gasteiger partial charge in [0, 0.05) is 34.2 Å². The molecule has 0 radical (unpaired) electrons. The second kappa shape index (κ2) is 13.2.